The molecule has 2 N–H and O–H groups in total. The first kappa shape index (κ1) is 19.3. The Labute approximate surface area is 162 Å². The van der Waals surface area contributed by atoms with Gasteiger partial charge < -0.3 is 15.2 Å². The van der Waals surface area contributed by atoms with E-state index in [4.69, 9.17) is 0 Å². The molecule has 0 saturated carbocycles. The zero-order chi connectivity index (χ0) is 20.1. The number of aryl methyl sites for hydroxylation is 2. The van der Waals surface area contributed by atoms with E-state index in [0.29, 0.717) is 17.0 Å². The van der Waals surface area contributed by atoms with Gasteiger partial charge >= 0.3 is 0 Å². The van der Waals surface area contributed by atoms with Gasteiger partial charge in [-0.1, -0.05) is 29.8 Å². The van der Waals surface area contributed by atoms with Gasteiger partial charge in [0.15, 0.2) is 0 Å². The summed E-state index contributed by atoms with van der Waals surface area (Å²) in [4.78, 5) is 29.0. The van der Waals surface area contributed by atoms with Crippen molar-refractivity contribution in [2.24, 2.45) is 7.05 Å². The van der Waals surface area contributed by atoms with E-state index in [1.807, 2.05) is 20.0 Å². The number of carbonyl (C=O) groups excluding carboxylic acids is 2. The molecule has 28 heavy (non-hydrogen) atoms. The van der Waals surface area contributed by atoms with Crippen molar-refractivity contribution in [1.82, 2.24) is 20.2 Å². The number of rotatable bonds is 6. The van der Waals surface area contributed by atoms with Crippen LogP contribution in [-0.4, -0.2) is 27.9 Å². The second kappa shape index (κ2) is 8.47. The molecular formula is C21H21FN4O2. The average molecular weight is 380 g/mol. The van der Waals surface area contributed by atoms with Crippen LogP contribution in [0.1, 0.15) is 33.4 Å². The Balaban J connectivity index is 1.70. The van der Waals surface area contributed by atoms with Crippen LogP contribution in [0.5, 0.6) is 0 Å². The Bertz CT molecular complexity index is 982. The van der Waals surface area contributed by atoms with Gasteiger partial charge in [0.05, 0.1) is 6.54 Å². The minimum absolute atomic E-state index is 0.186. The summed E-state index contributed by atoms with van der Waals surface area (Å²) in [5.41, 5.74) is 2.14. The summed E-state index contributed by atoms with van der Waals surface area (Å²) in [7, 11) is 1.81. The van der Waals surface area contributed by atoms with Crippen molar-refractivity contribution in [3.8, 4) is 0 Å². The van der Waals surface area contributed by atoms with Crippen molar-refractivity contribution < 1.29 is 14.0 Å². The number of carbonyl (C=O) groups is 2. The molecule has 0 aliphatic rings. The van der Waals surface area contributed by atoms with E-state index in [9.17, 15) is 14.0 Å². The summed E-state index contributed by atoms with van der Waals surface area (Å²) in [5, 5.41) is 5.47. The molecular weight excluding hydrogens is 359 g/mol. The molecule has 7 heteroatoms. The molecule has 0 saturated heterocycles. The normalized spacial score (nSPS) is 11.7. The van der Waals surface area contributed by atoms with Crippen LogP contribution in [0, 0.1) is 12.7 Å². The lowest BCUT2D eigenvalue weighted by atomic mass is 10.1. The standard InChI is InChI=1S/C21H21FN4O2/c1-14-4-3-5-16(12-14)21(28)24-13-18(27)25-19(20-23-10-11-26(20)2)15-6-8-17(22)9-7-15/h3-12,19H,13H2,1-2H3,(H,24,28)(H,25,27)/t19-/m1/s1. The molecule has 0 aliphatic heterocycles. The molecule has 1 heterocycles. The van der Waals surface area contributed by atoms with Crippen molar-refractivity contribution in [2.75, 3.05) is 6.54 Å². The largest absolute Gasteiger partial charge is 0.343 e. The van der Waals surface area contributed by atoms with Gasteiger partial charge in [-0.2, -0.15) is 0 Å². The van der Waals surface area contributed by atoms with E-state index < -0.39 is 6.04 Å². The first-order valence-electron chi connectivity index (χ1n) is 8.81. The number of halogens is 1. The van der Waals surface area contributed by atoms with Crippen molar-refractivity contribution >= 4 is 11.8 Å². The Hall–Kier alpha value is -3.48. The molecule has 3 aromatic rings. The SMILES string of the molecule is Cc1cccc(C(=O)NCC(=O)N[C@H](c2ccc(F)cc2)c2nccn2C)c1. The smallest absolute Gasteiger partial charge is 0.251 e. The van der Waals surface area contributed by atoms with Crippen LogP contribution in [-0.2, 0) is 11.8 Å². The number of hydrogen-bond donors (Lipinski definition) is 2. The summed E-state index contributed by atoms with van der Waals surface area (Å²) < 4.78 is 15.1. The van der Waals surface area contributed by atoms with Gasteiger partial charge in [-0.3, -0.25) is 9.59 Å². The number of nitrogens with zero attached hydrogens (tertiary/aromatic N) is 2. The number of aromatic nitrogens is 2. The number of nitrogens with one attached hydrogen (secondary N) is 2. The highest BCUT2D eigenvalue weighted by atomic mass is 19.1. The highest BCUT2D eigenvalue weighted by molar-refractivity contribution is 5.96. The van der Waals surface area contributed by atoms with E-state index in [1.165, 1.54) is 12.1 Å². The summed E-state index contributed by atoms with van der Waals surface area (Å²) >= 11 is 0. The fourth-order valence-electron chi connectivity index (χ4n) is 2.87. The Morgan fingerprint density at radius 1 is 1.18 bits per heavy atom. The van der Waals surface area contributed by atoms with Gasteiger partial charge in [-0.15, -0.1) is 0 Å². The van der Waals surface area contributed by atoms with Crippen molar-refractivity contribution in [3.05, 3.63) is 89.3 Å². The minimum atomic E-state index is -0.566. The molecule has 0 unspecified atom stereocenters. The zero-order valence-corrected chi connectivity index (χ0v) is 15.6. The predicted octanol–water partition coefficient (Wildman–Crippen LogP) is 2.50. The van der Waals surface area contributed by atoms with E-state index in [-0.39, 0.29) is 24.2 Å². The van der Waals surface area contributed by atoms with E-state index in [2.05, 4.69) is 15.6 Å². The van der Waals surface area contributed by atoms with E-state index in [0.717, 1.165) is 5.56 Å². The van der Waals surface area contributed by atoms with Crippen molar-refractivity contribution in [3.63, 3.8) is 0 Å². The second-order valence-corrected chi connectivity index (χ2v) is 6.50. The molecule has 2 aromatic carbocycles. The minimum Gasteiger partial charge on any atom is -0.343 e. The van der Waals surface area contributed by atoms with Crippen LogP contribution in [0.3, 0.4) is 0 Å². The fourth-order valence-corrected chi connectivity index (χ4v) is 2.87. The first-order valence-corrected chi connectivity index (χ1v) is 8.81. The molecule has 0 radical (unpaired) electrons. The maximum atomic E-state index is 13.3. The van der Waals surface area contributed by atoms with Crippen LogP contribution >= 0.6 is 0 Å². The third-order valence-electron chi connectivity index (χ3n) is 4.32. The van der Waals surface area contributed by atoms with Gasteiger partial charge in [0.2, 0.25) is 5.91 Å². The first-order chi connectivity index (χ1) is 13.4. The monoisotopic (exact) mass is 380 g/mol. The highest BCUT2D eigenvalue weighted by Crippen LogP contribution is 2.20. The third kappa shape index (κ3) is 4.62. The summed E-state index contributed by atoms with van der Waals surface area (Å²) in [6, 6.07) is 12.4. The summed E-state index contributed by atoms with van der Waals surface area (Å²) in [5.74, 6) is -0.462. The van der Waals surface area contributed by atoms with Gasteiger partial charge in [-0.05, 0) is 36.8 Å². The van der Waals surface area contributed by atoms with Gasteiger partial charge in [0.25, 0.3) is 5.91 Å². The molecule has 144 valence electrons. The lowest BCUT2D eigenvalue weighted by Gasteiger charge is -2.19. The maximum Gasteiger partial charge on any atom is 0.251 e. The fraction of sp³-hybridized carbons (Fsp3) is 0.190. The van der Waals surface area contributed by atoms with Crippen LogP contribution in [0.4, 0.5) is 4.39 Å². The molecule has 0 bridgehead atoms. The van der Waals surface area contributed by atoms with Crippen LogP contribution in [0.25, 0.3) is 0 Å². The third-order valence-corrected chi connectivity index (χ3v) is 4.32. The lowest BCUT2D eigenvalue weighted by Crippen LogP contribution is -2.39. The topological polar surface area (TPSA) is 76.0 Å². The predicted molar refractivity (Wildman–Crippen MR) is 103 cm³/mol. The van der Waals surface area contributed by atoms with Crippen LogP contribution < -0.4 is 10.6 Å². The van der Waals surface area contributed by atoms with Gasteiger partial charge in [-0.25, -0.2) is 9.37 Å². The second-order valence-electron chi connectivity index (χ2n) is 6.50. The molecule has 6 nitrogen and oxygen atoms in total. The van der Waals surface area contributed by atoms with Gasteiger partial charge in [0.1, 0.15) is 17.7 Å². The Kier molecular flexibility index (Phi) is 5.84. The number of benzene rings is 2. The summed E-state index contributed by atoms with van der Waals surface area (Å²) in [6.45, 7) is 1.71. The molecule has 0 spiro atoms. The molecule has 1 aromatic heterocycles. The highest BCUT2D eigenvalue weighted by Gasteiger charge is 2.21. The number of amides is 2. The van der Waals surface area contributed by atoms with Crippen LogP contribution in [0.15, 0.2) is 60.9 Å². The number of imidazole rings is 1. The maximum absolute atomic E-state index is 13.3. The van der Waals surface area contributed by atoms with Crippen LogP contribution in [0.2, 0.25) is 0 Å². The van der Waals surface area contributed by atoms with E-state index >= 15 is 0 Å². The Morgan fingerprint density at radius 3 is 2.57 bits per heavy atom. The average Bonchev–Trinajstić information content (AvgIpc) is 3.10. The molecule has 2 amide bonds. The lowest BCUT2D eigenvalue weighted by molar-refractivity contribution is -0.120. The van der Waals surface area contributed by atoms with Crippen molar-refractivity contribution in [2.45, 2.75) is 13.0 Å². The number of hydrogen-bond acceptors (Lipinski definition) is 3. The molecule has 0 aliphatic carbocycles. The Morgan fingerprint density at radius 2 is 1.93 bits per heavy atom. The van der Waals surface area contributed by atoms with E-state index in [1.54, 1.807) is 47.3 Å². The summed E-state index contributed by atoms with van der Waals surface area (Å²) in [6.07, 6.45) is 3.38. The van der Waals surface area contributed by atoms with Gasteiger partial charge in [0, 0.05) is 25.0 Å². The molecule has 0 fully saturated rings. The van der Waals surface area contributed by atoms with Crippen molar-refractivity contribution in [1.29, 1.82) is 0 Å². The molecule has 3 rings (SSSR count). The zero-order valence-electron chi connectivity index (χ0n) is 15.6. The quantitative estimate of drug-likeness (QED) is 0.690. The molecule has 1 atom stereocenters.